The van der Waals surface area contributed by atoms with Gasteiger partial charge in [-0.1, -0.05) is 30.6 Å². The molecular formula is C33H46O9. The van der Waals surface area contributed by atoms with E-state index in [1.165, 1.54) is 0 Å². The fourth-order valence-electron chi connectivity index (χ4n) is 7.74. The monoisotopic (exact) mass is 586 g/mol. The lowest BCUT2D eigenvalue weighted by Gasteiger charge is -2.52. The Bertz CT molecular complexity index is 1110. The van der Waals surface area contributed by atoms with Gasteiger partial charge in [-0.3, -0.25) is 0 Å². The van der Waals surface area contributed by atoms with Crippen molar-refractivity contribution in [3.63, 3.8) is 0 Å². The zero-order chi connectivity index (χ0) is 29.9. The minimum atomic E-state index is -2.11. The molecule has 2 aliphatic carbocycles. The predicted octanol–water partition coefficient (Wildman–Crippen LogP) is 2.19. The molecular weight excluding hydrogens is 540 g/mol. The molecule has 5 aliphatic rings. The highest BCUT2D eigenvalue weighted by Gasteiger charge is 2.60. The van der Waals surface area contributed by atoms with Gasteiger partial charge < -0.3 is 44.8 Å². The smallest absolute Gasteiger partial charge is 0.232 e. The summed E-state index contributed by atoms with van der Waals surface area (Å²) >= 11 is 0. The van der Waals surface area contributed by atoms with Crippen molar-refractivity contribution in [2.75, 3.05) is 6.61 Å². The molecule has 2 saturated carbocycles. The minimum Gasteiger partial charge on any atom is -0.462 e. The molecule has 3 aliphatic heterocycles. The van der Waals surface area contributed by atoms with Gasteiger partial charge in [0.25, 0.3) is 0 Å². The van der Waals surface area contributed by atoms with E-state index in [2.05, 4.69) is 18.6 Å². The van der Waals surface area contributed by atoms with Crippen molar-refractivity contribution < 1.29 is 44.8 Å². The van der Waals surface area contributed by atoms with Gasteiger partial charge in [0.15, 0.2) is 5.60 Å². The molecule has 1 saturated heterocycles. The minimum absolute atomic E-state index is 0.0757. The van der Waals surface area contributed by atoms with Gasteiger partial charge in [0, 0.05) is 13.0 Å². The number of hydrogen-bond donors (Lipinski definition) is 6. The Morgan fingerprint density at radius 3 is 2.60 bits per heavy atom. The summed E-state index contributed by atoms with van der Waals surface area (Å²) in [6.07, 6.45) is 2.80. The number of rotatable bonds is 8. The zero-order valence-corrected chi connectivity index (χ0v) is 24.2. The standard InChI is InChI=1S/C33H46O9/c1-2-6-21-10-14-24(15-11-21)41-31-33(39)20-25(22-12-13-23-7-3-16-32(23,38)19-22)26(35)8-5-18-40-27(9-4-17-34)29(42-31)28(36)30(33)37/h2,10-11,14-15,22-23,25-31,34-39H,1,3-4,6-9,12-13,16-17,19-20H2/t22-,23-,25?,26?,27+,28?,29-,30+,31-,32+,33+/m1/s1. The van der Waals surface area contributed by atoms with Gasteiger partial charge in [0.2, 0.25) is 6.29 Å². The molecule has 9 nitrogen and oxygen atoms in total. The molecule has 1 aromatic carbocycles. The lowest BCUT2D eigenvalue weighted by atomic mass is 9.64. The number of hydrogen-bond acceptors (Lipinski definition) is 9. The summed E-state index contributed by atoms with van der Waals surface area (Å²) in [7, 11) is 0. The summed E-state index contributed by atoms with van der Waals surface area (Å²) in [6, 6.07) is 7.23. The first-order valence-electron chi connectivity index (χ1n) is 15.4. The molecule has 0 aromatic heterocycles. The molecule has 0 radical (unpaired) electrons. The summed E-state index contributed by atoms with van der Waals surface area (Å²) in [5, 5.41) is 67.5. The van der Waals surface area contributed by atoms with E-state index in [4.69, 9.17) is 14.2 Å². The van der Waals surface area contributed by atoms with Crippen molar-refractivity contribution in [2.45, 2.75) is 119 Å². The molecule has 6 rings (SSSR count). The quantitative estimate of drug-likeness (QED) is 0.199. The Kier molecular flexibility index (Phi) is 9.85. The normalized spacial score (nSPS) is 41.8. The van der Waals surface area contributed by atoms with Gasteiger partial charge in [-0.15, -0.1) is 6.58 Å². The molecule has 0 amide bonds. The Morgan fingerprint density at radius 1 is 1.07 bits per heavy atom. The Hall–Kier alpha value is -2.16. The summed E-state index contributed by atoms with van der Waals surface area (Å²) in [6.45, 7) is 3.65. The molecule has 9 heteroatoms. The molecule has 11 atom stereocenters. The summed E-state index contributed by atoms with van der Waals surface area (Å²) in [5.41, 5.74) is -1.89. The van der Waals surface area contributed by atoms with Crippen LogP contribution >= 0.6 is 0 Å². The van der Waals surface area contributed by atoms with E-state index >= 15 is 0 Å². The third-order valence-corrected chi connectivity index (χ3v) is 10.1. The van der Waals surface area contributed by atoms with E-state index < -0.39 is 53.9 Å². The average molecular weight is 587 g/mol. The van der Waals surface area contributed by atoms with Crippen LogP contribution in [0.1, 0.15) is 69.8 Å². The van der Waals surface area contributed by atoms with Crippen LogP contribution in [-0.2, 0) is 15.9 Å². The largest absolute Gasteiger partial charge is 0.462 e. The van der Waals surface area contributed by atoms with Gasteiger partial charge in [-0.05, 0) is 93.2 Å². The van der Waals surface area contributed by atoms with E-state index in [9.17, 15) is 30.6 Å². The van der Waals surface area contributed by atoms with Crippen LogP contribution in [0.15, 0.2) is 36.9 Å². The van der Waals surface area contributed by atoms with Crippen molar-refractivity contribution in [2.24, 2.45) is 17.8 Å². The van der Waals surface area contributed by atoms with Crippen LogP contribution in [0.2, 0.25) is 0 Å². The van der Waals surface area contributed by atoms with Crippen LogP contribution in [0.25, 0.3) is 0 Å². The van der Waals surface area contributed by atoms with Crippen LogP contribution in [0.5, 0.6) is 5.75 Å². The van der Waals surface area contributed by atoms with Crippen molar-refractivity contribution >= 4 is 0 Å². The zero-order valence-electron chi connectivity index (χ0n) is 24.2. The van der Waals surface area contributed by atoms with E-state index in [0.717, 1.165) is 31.2 Å². The van der Waals surface area contributed by atoms with Gasteiger partial charge >= 0.3 is 0 Å². The molecule has 1 aromatic rings. The summed E-state index contributed by atoms with van der Waals surface area (Å²) < 4.78 is 18.2. The van der Waals surface area contributed by atoms with Crippen LogP contribution in [0, 0.1) is 29.8 Å². The van der Waals surface area contributed by atoms with Crippen LogP contribution < -0.4 is 4.74 Å². The second kappa shape index (κ2) is 13.2. The first-order valence-corrected chi connectivity index (χ1v) is 15.4. The molecule has 6 N–H and O–H groups in total. The van der Waals surface area contributed by atoms with Crippen LogP contribution in [-0.4, -0.2) is 85.3 Å². The van der Waals surface area contributed by atoms with Gasteiger partial charge in [-0.25, -0.2) is 0 Å². The molecule has 232 valence electrons. The predicted molar refractivity (Wildman–Crippen MR) is 154 cm³/mol. The lowest BCUT2D eigenvalue weighted by molar-refractivity contribution is -0.334. The molecule has 3 unspecified atom stereocenters. The average Bonchev–Trinajstić information content (AvgIpc) is 3.37. The summed E-state index contributed by atoms with van der Waals surface area (Å²) in [4.78, 5) is 0. The molecule has 2 bridgehead atoms. The number of ether oxygens (including phenoxy) is 3. The van der Waals surface area contributed by atoms with E-state index in [0.29, 0.717) is 31.4 Å². The van der Waals surface area contributed by atoms with Crippen molar-refractivity contribution in [3.8, 4) is 17.8 Å². The molecule has 42 heavy (non-hydrogen) atoms. The van der Waals surface area contributed by atoms with Gasteiger partial charge in [0.1, 0.15) is 36.3 Å². The third kappa shape index (κ3) is 6.36. The van der Waals surface area contributed by atoms with Crippen molar-refractivity contribution in [1.29, 1.82) is 0 Å². The number of aliphatic hydroxyl groups excluding tert-OH is 4. The highest BCUT2D eigenvalue weighted by molar-refractivity contribution is 5.29. The molecule has 3 fully saturated rings. The maximum absolute atomic E-state index is 12.3. The Morgan fingerprint density at radius 2 is 1.86 bits per heavy atom. The first-order chi connectivity index (χ1) is 20.2. The second-order valence-corrected chi connectivity index (χ2v) is 12.8. The van der Waals surface area contributed by atoms with E-state index in [1.807, 2.05) is 12.1 Å². The highest BCUT2D eigenvalue weighted by Crippen LogP contribution is 2.51. The van der Waals surface area contributed by atoms with Crippen LogP contribution in [0.4, 0.5) is 0 Å². The van der Waals surface area contributed by atoms with E-state index in [-0.39, 0.29) is 37.7 Å². The van der Waals surface area contributed by atoms with E-state index in [1.54, 1.807) is 18.2 Å². The highest BCUT2D eigenvalue weighted by atomic mass is 16.7. The fourth-order valence-corrected chi connectivity index (χ4v) is 7.74. The van der Waals surface area contributed by atoms with Crippen molar-refractivity contribution in [1.82, 2.24) is 0 Å². The SMILES string of the molecule is C=CCc1ccc(O[C@@H]2O[C@H]3C(O)[C@H](O)[C@@]2(O)CC([C@@H]2CC[C@H]4CCC[C@]4(O)C2)C(O)CC#CO[C@H]3CCCO)cc1. The van der Waals surface area contributed by atoms with Gasteiger partial charge in [0.05, 0.1) is 11.7 Å². The Balaban J connectivity index is 1.50. The third-order valence-electron chi connectivity index (χ3n) is 10.1. The number of fused-ring (bicyclic) bond motifs is 9. The maximum Gasteiger partial charge on any atom is 0.232 e. The molecule has 0 spiro atoms. The molecule has 3 heterocycles. The van der Waals surface area contributed by atoms with Crippen LogP contribution in [0.3, 0.4) is 0 Å². The number of benzene rings is 1. The first kappa shape index (κ1) is 31.3. The topological polar surface area (TPSA) is 149 Å². The summed E-state index contributed by atoms with van der Waals surface area (Å²) in [5.74, 6) is 2.80. The Labute approximate surface area is 248 Å². The second-order valence-electron chi connectivity index (χ2n) is 12.8. The number of aliphatic hydroxyl groups is 6. The van der Waals surface area contributed by atoms with Crippen molar-refractivity contribution in [3.05, 3.63) is 42.5 Å². The number of allylic oxidation sites excluding steroid dienone is 1. The fraction of sp³-hybridized carbons (Fsp3) is 0.697. The maximum atomic E-state index is 12.3. The lowest BCUT2D eigenvalue weighted by Crippen LogP contribution is -2.70. The van der Waals surface area contributed by atoms with Gasteiger partial charge in [-0.2, -0.15) is 0 Å².